The van der Waals surface area contributed by atoms with Crippen LogP contribution in [0.3, 0.4) is 0 Å². The number of carboxylic acid groups (broad SMARTS) is 1. The zero-order valence-corrected chi connectivity index (χ0v) is 12.5. The molecule has 120 valence electrons. The lowest BCUT2D eigenvalue weighted by Crippen LogP contribution is -2.21. The summed E-state index contributed by atoms with van der Waals surface area (Å²) in [6.07, 6.45) is 5.10. The summed E-state index contributed by atoms with van der Waals surface area (Å²) in [7, 11) is 0. The first-order valence-corrected chi connectivity index (χ1v) is 6.86. The van der Waals surface area contributed by atoms with Crippen molar-refractivity contribution in [1.82, 2.24) is 0 Å². The summed E-state index contributed by atoms with van der Waals surface area (Å²) in [5.41, 5.74) is 1.16. The Hall–Kier alpha value is -3.59. The number of carboxylic acids is 1. The Kier molecular flexibility index (Phi) is 5.32. The molecule has 0 bridgehead atoms. The van der Waals surface area contributed by atoms with E-state index in [0.717, 1.165) is 0 Å². The molecule has 0 saturated carbocycles. The van der Waals surface area contributed by atoms with E-state index in [9.17, 15) is 14.4 Å². The summed E-state index contributed by atoms with van der Waals surface area (Å²) in [5, 5.41) is 10.7. The first-order valence-electron chi connectivity index (χ1n) is 6.86. The van der Waals surface area contributed by atoms with Gasteiger partial charge in [-0.05, 0) is 48.5 Å². The fourth-order valence-electron chi connectivity index (χ4n) is 1.88. The zero-order chi connectivity index (χ0) is 17.5. The summed E-state index contributed by atoms with van der Waals surface area (Å²) in [4.78, 5) is 33.9. The van der Waals surface area contributed by atoms with Gasteiger partial charge in [0.1, 0.15) is 12.4 Å². The molecule has 0 aromatic heterocycles. The number of nitrogens with one attached hydrogen (secondary N) is 1. The molecule has 0 atom stereocenters. The Bertz CT molecular complexity index is 801. The monoisotopic (exact) mass is 323 g/mol. The number of carbonyl (C=O) groups is 3. The molecule has 0 saturated heterocycles. The average molecular weight is 323 g/mol. The molecule has 6 nitrogen and oxygen atoms in total. The van der Waals surface area contributed by atoms with Crippen LogP contribution >= 0.6 is 0 Å². The van der Waals surface area contributed by atoms with E-state index < -0.39 is 11.9 Å². The Balaban J connectivity index is 2.08. The average Bonchev–Trinajstić information content (AvgIpc) is 2.60. The van der Waals surface area contributed by atoms with E-state index in [-0.39, 0.29) is 18.1 Å². The third-order valence-electron chi connectivity index (χ3n) is 3.04. The van der Waals surface area contributed by atoms with Crippen LogP contribution in [0.4, 0.5) is 5.69 Å². The molecule has 0 aliphatic heterocycles. The SMILES string of the molecule is C#CCOc1ccc(C(=O)c2ccc(NC(=O)C(=O)O)cc2)cc1. The second-order valence-corrected chi connectivity index (χ2v) is 4.68. The molecular weight excluding hydrogens is 310 g/mol. The van der Waals surface area contributed by atoms with Gasteiger partial charge in [-0.3, -0.25) is 9.59 Å². The van der Waals surface area contributed by atoms with Crippen LogP contribution in [0, 0.1) is 12.3 Å². The molecule has 2 aromatic carbocycles. The van der Waals surface area contributed by atoms with Crippen molar-refractivity contribution in [3.63, 3.8) is 0 Å². The maximum absolute atomic E-state index is 12.4. The van der Waals surface area contributed by atoms with E-state index in [1.165, 1.54) is 24.3 Å². The second kappa shape index (κ2) is 7.61. The minimum atomic E-state index is -1.58. The van der Waals surface area contributed by atoms with E-state index in [2.05, 4.69) is 11.2 Å². The van der Waals surface area contributed by atoms with Gasteiger partial charge in [-0.2, -0.15) is 0 Å². The number of aliphatic carboxylic acids is 1. The number of benzene rings is 2. The molecule has 0 heterocycles. The molecule has 0 unspecified atom stereocenters. The van der Waals surface area contributed by atoms with Crippen LogP contribution in [0.5, 0.6) is 5.75 Å². The van der Waals surface area contributed by atoms with E-state index in [1.54, 1.807) is 24.3 Å². The third-order valence-corrected chi connectivity index (χ3v) is 3.04. The zero-order valence-electron chi connectivity index (χ0n) is 12.5. The lowest BCUT2D eigenvalue weighted by atomic mass is 10.0. The largest absolute Gasteiger partial charge is 0.481 e. The van der Waals surface area contributed by atoms with Gasteiger partial charge in [0.2, 0.25) is 0 Å². The minimum absolute atomic E-state index is 0.150. The van der Waals surface area contributed by atoms with Crippen LogP contribution in [0.15, 0.2) is 48.5 Å². The van der Waals surface area contributed by atoms with E-state index in [0.29, 0.717) is 16.9 Å². The van der Waals surface area contributed by atoms with Crippen molar-refractivity contribution in [2.24, 2.45) is 0 Å². The topological polar surface area (TPSA) is 92.7 Å². The molecule has 0 fully saturated rings. The van der Waals surface area contributed by atoms with Crippen molar-refractivity contribution < 1.29 is 24.2 Å². The third kappa shape index (κ3) is 4.21. The van der Waals surface area contributed by atoms with Crippen molar-refractivity contribution >= 4 is 23.3 Å². The quantitative estimate of drug-likeness (QED) is 0.498. The van der Waals surface area contributed by atoms with E-state index in [4.69, 9.17) is 16.3 Å². The van der Waals surface area contributed by atoms with Gasteiger partial charge in [0, 0.05) is 16.8 Å². The number of hydrogen-bond acceptors (Lipinski definition) is 4. The fourth-order valence-corrected chi connectivity index (χ4v) is 1.88. The molecule has 6 heteroatoms. The Morgan fingerprint density at radius 3 is 2.04 bits per heavy atom. The lowest BCUT2D eigenvalue weighted by molar-refractivity contribution is -0.147. The number of ketones is 1. The normalized spacial score (nSPS) is 9.62. The number of rotatable bonds is 5. The van der Waals surface area contributed by atoms with Crippen molar-refractivity contribution in [1.29, 1.82) is 0 Å². The first-order chi connectivity index (χ1) is 11.5. The summed E-state index contributed by atoms with van der Waals surface area (Å²) < 4.78 is 5.23. The maximum Gasteiger partial charge on any atom is 0.394 e. The number of ether oxygens (including phenoxy) is 1. The molecule has 0 aliphatic rings. The van der Waals surface area contributed by atoms with Crippen LogP contribution in [0.2, 0.25) is 0 Å². The summed E-state index contributed by atoms with van der Waals surface area (Å²) in [6.45, 7) is 0.150. The molecule has 0 spiro atoms. The number of amides is 1. The fraction of sp³-hybridized carbons (Fsp3) is 0.0556. The number of terminal acetylenes is 1. The molecule has 1 amide bonds. The lowest BCUT2D eigenvalue weighted by Gasteiger charge is -2.06. The Morgan fingerprint density at radius 2 is 1.54 bits per heavy atom. The minimum Gasteiger partial charge on any atom is -0.481 e. The van der Waals surface area contributed by atoms with Gasteiger partial charge in [0.05, 0.1) is 0 Å². The summed E-state index contributed by atoms with van der Waals surface area (Å²) in [5.74, 6) is -0.0213. The van der Waals surface area contributed by atoms with Gasteiger partial charge in [-0.15, -0.1) is 6.42 Å². The van der Waals surface area contributed by atoms with Gasteiger partial charge in [0.15, 0.2) is 5.78 Å². The van der Waals surface area contributed by atoms with Crippen LogP contribution in [0.1, 0.15) is 15.9 Å². The molecule has 0 aliphatic carbocycles. The van der Waals surface area contributed by atoms with Crippen molar-refractivity contribution in [3.05, 3.63) is 59.7 Å². The summed E-state index contributed by atoms with van der Waals surface area (Å²) in [6, 6.07) is 12.4. The molecule has 2 rings (SSSR count). The van der Waals surface area contributed by atoms with Gasteiger partial charge >= 0.3 is 11.9 Å². The molecule has 2 aromatic rings. The van der Waals surface area contributed by atoms with Gasteiger partial charge < -0.3 is 15.2 Å². The highest BCUT2D eigenvalue weighted by Gasteiger charge is 2.12. The Labute approximate surface area is 138 Å². The molecule has 0 radical (unpaired) electrons. The van der Waals surface area contributed by atoms with Gasteiger partial charge in [0.25, 0.3) is 0 Å². The van der Waals surface area contributed by atoms with Crippen molar-refractivity contribution in [3.8, 4) is 18.1 Å². The van der Waals surface area contributed by atoms with Crippen LogP contribution in [0.25, 0.3) is 0 Å². The first kappa shape index (κ1) is 16.8. The van der Waals surface area contributed by atoms with Crippen LogP contribution in [-0.2, 0) is 9.59 Å². The standard InChI is InChI=1S/C18H13NO5/c1-2-11-24-15-9-5-13(6-10-15)16(20)12-3-7-14(8-4-12)19-17(21)18(22)23/h1,3-10H,11H2,(H,19,21)(H,22,23). The van der Waals surface area contributed by atoms with Crippen LogP contribution in [-0.4, -0.2) is 29.4 Å². The second-order valence-electron chi connectivity index (χ2n) is 4.68. The predicted octanol–water partition coefficient (Wildman–Crippen LogP) is 1.95. The highest BCUT2D eigenvalue weighted by atomic mass is 16.5. The summed E-state index contributed by atoms with van der Waals surface area (Å²) >= 11 is 0. The van der Waals surface area contributed by atoms with E-state index >= 15 is 0 Å². The number of hydrogen-bond donors (Lipinski definition) is 2. The predicted molar refractivity (Wildman–Crippen MR) is 86.9 cm³/mol. The number of carbonyl (C=O) groups excluding carboxylic acids is 2. The highest BCUT2D eigenvalue weighted by molar-refractivity contribution is 6.36. The Morgan fingerprint density at radius 1 is 1.00 bits per heavy atom. The number of anilines is 1. The highest BCUT2D eigenvalue weighted by Crippen LogP contribution is 2.17. The van der Waals surface area contributed by atoms with Crippen molar-refractivity contribution in [2.45, 2.75) is 0 Å². The van der Waals surface area contributed by atoms with E-state index in [1.807, 2.05) is 0 Å². The van der Waals surface area contributed by atoms with Crippen LogP contribution < -0.4 is 10.1 Å². The maximum atomic E-state index is 12.4. The molecular formula is C18H13NO5. The molecule has 24 heavy (non-hydrogen) atoms. The van der Waals surface area contributed by atoms with Gasteiger partial charge in [-0.1, -0.05) is 5.92 Å². The van der Waals surface area contributed by atoms with Gasteiger partial charge in [-0.25, -0.2) is 4.79 Å². The smallest absolute Gasteiger partial charge is 0.394 e. The molecule has 2 N–H and O–H groups in total. The van der Waals surface area contributed by atoms with Crippen molar-refractivity contribution in [2.75, 3.05) is 11.9 Å².